The van der Waals surface area contributed by atoms with Crippen LogP contribution in [0.25, 0.3) is 0 Å². The fraction of sp³-hybridized carbons (Fsp3) is 0.526. The second-order valence-electron chi connectivity index (χ2n) is 6.91. The fourth-order valence-electron chi connectivity index (χ4n) is 3.36. The average Bonchev–Trinajstić information content (AvgIpc) is 2.99. The molecule has 0 bridgehead atoms. The lowest BCUT2D eigenvalue weighted by Crippen LogP contribution is -2.20. The van der Waals surface area contributed by atoms with Crippen LogP contribution in [-0.4, -0.2) is 29.2 Å². The molecule has 0 aliphatic heterocycles. The Morgan fingerprint density at radius 3 is 2.67 bits per heavy atom. The summed E-state index contributed by atoms with van der Waals surface area (Å²) in [5.41, 5.74) is 1.31. The minimum Gasteiger partial charge on any atom is -0.457 e. The van der Waals surface area contributed by atoms with Crippen LogP contribution in [0.15, 0.2) is 36.0 Å². The molecule has 24 heavy (non-hydrogen) atoms. The molecule has 0 saturated heterocycles. The number of esters is 1. The molecule has 2 aliphatic carbocycles. The highest BCUT2D eigenvalue weighted by Gasteiger charge is 2.61. The zero-order valence-electron chi connectivity index (χ0n) is 14.6. The monoisotopic (exact) mass is 348 g/mol. The molecule has 0 N–H and O–H groups in total. The van der Waals surface area contributed by atoms with Gasteiger partial charge < -0.3 is 4.74 Å². The van der Waals surface area contributed by atoms with Gasteiger partial charge in [0.1, 0.15) is 6.10 Å². The normalized spacial score (nSPS) is 28.3. The number of hydrogen-bond donors (Lipinski definition) is 0. The van der Waals surface area contributed by atoms with Gasteiger partial charge in [0.15, 0.2) is 5.78 Å². The molecule has 1 saturated carbocycles. The van der Waals surface area contributed by atoms with Gasteiger partial charge in [-0.1, -0.05) is 37.8 Å². The van der Waals surface area contributed by atoms with Crippen molar-refractivity contribution in [3.8, 4) is 0 Å². The summed E-state index contributed by atoms with van der Waals surface area (Å²) in [5.74, 6) is -0.532. The van der Waals surface area contributed by atoms with E-state index in [2.05, 4.69) is 6.58 Å². The lowest BCUT2D eigenvalue weighted by molar-refractivity contribution is -0.150. The van der Waals surface area contributed by atoms with Crippen LogP contribution < -0.4 is 0 Å². The molecule has 2 aliphatic rings. The van der Waals surface area contributed by atoms with Crippen LogP contribution >= 0.6 is 11.8 Å². The molecular formula is C19H24O4S. The van der Waals surface area contributed by atoms with Gasteiger partial charge in [-0.3, -0.25) is 14.4 Å². The zero-order chi connectivity index (χ0) is 18.1. The molecule has 0 heterocycles. The van der Waals surface area contributed by atoms with E-state index in [1.807, 2.05) is 20.8 Å². The third kappa shape index (κ3) is 3.56. The van der Waals surface area contributed by atoms with E-state index < -0.39 is 6.10 Å². The van der Waals surface area contributed by atoms with Crippen molar-refractivity contribution in [1.82, 2.24) is 0 Å². The maximum Gasteiger partial charge on any atom is 0.310 e. The molecule has 1 unspecified atom stereocenters. The number of rotatable bonds is 6. The van der Waals surface area contributed by atoms with E-state index in [0.29, 0.717) is 12.0 Å². The van der Waals surface area contributed by atoms with Crippen LogP contribution in [0.2, 0.25) is 0 Å². The maximum absolute atomic E-state index is 12.5. The summed E-state index contributed by atoms with van der Waals surface area (Å²) < 4.78 is 5.62. The summed E-state index contributed by atoms with van der Waals surface area (Å²) in [5, 5.41) is -0.0287. The Morgan fingerprint density at radius 1 is 1.42 bits per heavy atom. The molecule has 0 spiro atoms. The van der Waals surface area contributed by atoms with Crippen LogP contribution in [0.4, 0.5) is 0 Å². The minimum absolute atomic E-state index is 0.00450. The first-order valence-corrected chi connectivity index (χ1v) is 9.26. The van der Waals surface area contributed by atoms with Crippen molar-refractivity contribution >= 4 is 28.6 Å². The number of Topliss-reactive ketones (excluding diaryl/α,β-unsaturated/α-hetero) is 1. The van der Waals surface area contributed by atoms with Crippen molar-refractivity contribution < 1.29 is 19.1 Å². The van der Waals surface area contributed by atoms with E-state index in [9.17, 15) is 14.4 Å². The number of carbonyl (C=O) groups excluding carboxylic acids is 3. The molecule has 3 atom stereocenters. The Morgan fingerprint density at radius 2 is 2.08 bits per heavy atom. The van der Waals surface area contributed by atoms with Crippen molar-refractivity contribution in [3.05, 3.63) is 36.0 Å². The molecular weight excluding hydrogens is 324 g/mol. The Bertz CT molecular complexity index is 642. The van der Waals surface area contributed by atoms with E-state index in [1.54, 1.807) is 18.4 Å². The standard InChI is InChI=1S/C19H24O4S/c1-6-7-12-11(2)15(10-14(12)20)23-18(22)17-13(19(17,3)4)8-9-16(21)24-5/h6,8-9,13,15,17H,1,7,10H2,2-5H3/t13-,15?,17-/m0/s1. The third-order valence-corrected chi connectivity index (χ3v) is 5.62. The first kappa shape index (κ1) is 18.7. The average molecular weight is 348 g/mol. The van der Waals surface area contributed by atoms with Crippen molar-refractivity contribution in [2.45, 2.75) is 39.7 Å². The lowest BCUT2D eigenvalue weighted by atomic mass is 10.1. The summed E-state index contributed by atoms with van der Waals surface area (Å²) in [6.07, 6.45) is 7.01. The highest BCUT2D eigenvalue weighted by atomic mass is 32.2. The summed E-state index contributed by atoms with van der Waals surface area (Å²) in [7, 11) is 0. The van der Waals surface area contributed by atoms with Gasteiger partial charge in [-0.25, -0.2) is 0 Å². The Hall–Kier alpha value is -1.62. The second kappa shape index (κ2) is 7.09. The molecule has 1 fully saturated rings. The predicted molar refractivity (Wildman–Crippen MR) is 95.4 cm³/mol. The second-order valence-corrected chi connectivity index (χ2v) is 7.72. The maximum atomic E-state index is 12.5. The molecule has 0 aromatic rings. The molecule has 2 rings (SSSR count). The van der Waals surface area contributed by atoms with Crippen molar-refractivity contribution in [2.24, 2.45) is 17.3 Å². The topological polar surface area (TPSA) is 60.4 Å². The lowest BCUT2D eigenvalue weighted by Gasteiger charge is -2.13. The van der Waals surface area contributed by atoms with Crippen LogP contribution in [-0.2, 0) is 19.1 Å². The fourth-order valence-corrected chi connectivity index (χ4v) is 3.57. The minimum atomic E-state index is -0.464. The van der Waals surface area contributed by atoms with Crippen LogP contribution in [0.3, 0.4) is 0 Å². The molecule has 0 aromatic heterocycles. The Labute approximate surface area is 147 Å². The van der Waals surface area contributed by atoms with Gasteiger partial charge in [-0.2, -0.15) is 0 Å². The highest BCUT2D eigenvalue weighted by Crippen LogP contribution is 2.59. The molecule has 0 aromatic carbocycles. The first-order chi connectivity index (χ1) is 11.2. The van der Waals surface area contributed by atoms with Crippen LogP contribution in [0.1, 0.15) is 33.6 Å². The summed E-state index contributed by atoms with van der Waals surface area (Å²) in [4.78, 5) is 35.9. The number of allylic oxidation sites excluding steroid dienone is 3. The third-order valence-electron chi connectivity index (χ3n) is 5.08. The van der Waals surface area contributed by atoms with Gasteiger partial charge in [0.05, 0.1) is 12.3 Å². The SMILES string of the molecule is C=CCC1=C(C)C(OC(=O)[C@@H]2[C@H](C=CC(=O)SC)C2(C)C)CC1=O. The molecule has 0 amide bonds. The summed E-state index contributed by atoms with van der Waals surface area (Å²) >= 11 is 1.14. The van der Waals surface area contributed by atoms with Crippen molar-refractivity contribution in [2.75, 3.05) is 6.26 Å². The number of ether oxygens (including phenoxy) is 1. The number of carbonyl (C=O) groups is 3. The molecule has 5 heteroatoms. The first-order valence-electron chi connectivity index (χ1n) is 8.04. The smallest absolute Gasteiger partial charge is 0.310 e. The van der Waals surface area contributed by atoms with Crippen LogP contribution in [0.5, 0.6) is 0 Å². The number of hydrogen-bond acceptors (Lipinski definition) is 5. The summed E-state index contributed by atoms with van der Waals surface area (Å²) in [6, 6.07) is 0. The quantitative estimate of drug-likeness (QED) is 0.418. The molecule has 130 valence electrons. The highest BCUT2D eigenvalue weighted by molar-refractivity contribution is 8.13. The van der Waals surface area contributed by atoms with Gasteiger partial charge in [0.2, 0.25) is 5.12 Å². The molecule has 0 radical (unpaired) electrons. The summed E-state index contributed by atoms with van der Waals surface area (Å²) in [6.45, 7) is 9.48. The van der Waals surface area contributed by atoms with Crippen molar-refractivity contribution in [3.63, 3.8) is 0 Å². The van der Waals surface area contributed by atoms with Crippen LogP contribution in [0, 0.1) is 17.3 Å². The Balaban J connectivity index is 2.03. The number of ketones is 1. The van der Waals surface area contributed by atoms with Gasteiger partial charge >= 0.3 is 5.97 Å². The van der Waals surface area contributed by atoms with Gasteiger partial charge in [0, 0.05) is 5.57 Å². The van der Waals surface area contributed by atoms with E-state index in [0.717, 1.165) is 17.3 Å². The van der Waals surface area contributed by atoms with E-state index in [1.165, 1.54) is 6.08 Å². The largest absolute Gasteiger partial charge is 0.457 e. The number of thioether (sulfide) groups is 1. The predicted octanol–water partition coefficient (Wildman–Crippen LogP) is 3.48. The zero-order valence-corrected chi connectivity index (χ0v) is 15.4. The van der Waals surface area contributed by atoms with Gasteiger partial charge in [-0.05, 0) is 42.6 Å². The van der Waals surface area contributed by atoms with Gasteiger partial charge in [0.25, 0.3) is 0 Å². The molecule has 4 nitrogen and oxygen atoms in total. The van der Waals surface area contributed by atoms with E-state index in [-0.39, 0.29) is 40.5 Å². The Kier molecular flexibility index (Phi) is 5.53. The van der Waals surface area contributed by atoms with E-state index >= 15 is 0 Å². The van der Waals surface area contributed by atoms with E-state index in [4.69, 9.17) is 4.74 Å². The van der Waals surface area contributed by atoms with Gasteiger partial charge in [-0.15, -0.1) is 6.58 Å². The van der Waals surface area contributed by atoms with Crippen molar-refractivity contribution in [1.29, 1.82) is 0 Å².